The van der Waals surface area contributed by atoms with Gasteiger partial charge in [-0.25, -0.2) is 0 Å². The van der Waals surface area contributed by atoms with Crippen molar-refractivity contribution >= 4 is 24.0 Å². The van der Waals surface area contributed by atoms with E-state index in [4.69, 9.17) is 0 Å². The van der Waals surface area contributed by atoms with Crippen molar-refractivity contribution in [3.8, 4) is 0 Å². The molecule has 1 heterocycles. The zero-order valence-corrected chi connectivity index (χ0v) is 5.86. The fourth-order valence-electron chi connectivity index (χ4n) is 0.442. The Labute approximate surface area is 54.7 Å². The van der Waals surface area contributed by atoms with Crippen molar-refractivity contribution in [1.82, 2.24) is 10.6 Å². The fourth-order valence-corrected chi connectivity index (χ4v) is 0.442. The molecule has 0 saturated carbocycles. The van der Waals surface area contributed by atoms with Crippen molar-refractivity contribution in [1.29, 1.82) is 0 Å². The Balaban J connectivity index is 0.000000250. The summed E-state index contributed by atoms with van der Waals surface area (Å²) in [4.78, 5) is 0. The van der Waals surface area contributed by atoms with Crippen LogP contribution in [0.4, 0.5) is 0 Å². The van der Waals surface area contributed by atoms with Crippen LogP contribution in [0.2, 0.25) is 0 Å². The predicted molar refractivity (Wildman–Crippen MR) is 36.3 cm³/mol. The molecule has 0 unspecified atom stereocenters. The van der Waals surface area contributed by atoms with Crippen LogP contribution in [0.25, 0.3) is 0 Å². The van der Waals surface area contributed by atoms with Gasteiger partial charge in [0.05, 0.1) is 0 Å². The Kier molecular flexibility index (Phi) is 4.24. The Morgan fingerprint density at radius 1 is 1.00 bits per heavy atom. The first-order valence-electron chi connectivity index (χ1n) is 1.91. The molecule has 3 heteroatoms. The molecule has 0 atom stereocenters. The first kappa shape index (κ1) is 6.65. The van der Waals surface area contributed by atoms with Crippen LogP contribution >= 0.6 is 24.0 Å². The smallest absolute Gasteiger partial charge is 0.0455 e. The normalized spacial score (nSPS) is 20.0. The predicted octanol–water partition coefficient (Wildman–Crippen LogP) is -0.245. The molecule has 6 heavy (non-hydrogen) atoms. The van der Waals surface area contributed by atoms with Gasteiger partial charge in [0.1, 0.15) is 0 Å². The Bertz CT molecular complexity index is 20.4. The summed E-state index contributed by atoms with van der Waals surface area (Å²) < 4.78 is 0. The second-order valence-corrected chi connectivity index (χ2v) is 1.18. The third-order valence-electron chi connectivity index (χ3n) is 0.729. The summed E-state index contributed by atoms with van der Waals surface area (Å²) in [5, 5.41) is 6.22. The van der Waals surface area contributed by atoms with E-state index in [2.05, 4.69) is 10.6 Å². The van der Waals surface area contributed by atoms with Gasteiger partial charge in [0.2, 0.25) is 0 Å². The van der Waals surface area contributed by atoms with Gasteiger partial charge >= 0.3 is 0 Å². The lowest BCUT2D eigenvalue weighted by molar-refractivity contribution is 0.807. The van der Waals surface area contributed by atoms with Crippen LogP contribution in [-0.4, -0.2) is 19.8 Å². The SMILES string of the molecule is C1CNCN1.I. The van der Waals surface area contributed by atoms with Crippen molar-refractivity contribution in [2.75, 3.05) is 19.8 Å². The molecule has 0 aromatic heterocycles. The zero-order chi connectivity index (χ0) is 3.54. The molecule has 0 aromatic rings. The number of nitrogens with one attached hydrogen (secondary N) is 2. The quantitative estimate of drug-likeness (QED) is 0.527. The highest BCUT2D eigenvalue weighted by molar-refractivity contribution is 14.0. The third-order valence-corrected chi connectivity index (χ3v) is 0.729. The number of halogens is 1. The zero-order valence-electron chi connectivity index (χ0n) is 3.53. The van der Waals surface area contributed by atoms with E-state index in [0.717, 1.165) is 19.8 Å². The molecule has 1 aliphatic rings. The average Bonchev–Trinajstić information content (AvgIpc) is 1.76. The highest BCUT2D eigenvalue weighted by atomic mass is 127. The summed E-state index contributed by atoms with van der Waals surface area (Å²) in [6.45, 7) is 3.28. The van der Waals surface area contributed by atoms with E-state index >= 15 is 0 Å². The maximum absolute atomic E-state index is 3.11. The molecular weight excluding hydrogens is 191 g/mol. The lowest BCUT2D eigenvalue weighted by atomic mass is 10.7. The van der Waals surface area contributed by atoms with Crippen LogP contribution in [0.1, 0.15) is 0 Å². The molecule has 0 amide bonds. The van der Waals surface area contributed by atoms with E-state index in [-0.39, 0.29) is 24.0 Å². The first-order chi connectivity index (χ1) is 2.50. The van der Waals surface area contributed by atoms with Gasteiger partial charge < -0.3 is 10.6 Å². The van der Waals surface area contributed by atoms with Crippen LogP contribution in [0.3, 0.4) is 0 Å². The summed E-state index contributed by atoms with van der Waals surface area (Å²) in [7, 11) is 0. The van der Waals surface area contributed by atoms with Crippen molar-refractivity contribution in [3.63, 3.8) is 0 Å². The summed E-state index contributed by atoms with van der Waals surface area (Å²) in [5.41, 5.74) is 0. The second-order valence-electron chi connectivity index (χ2n) is 1.18. The van der Waals surface area contributed by atoms with Gasteiger partial charge in [-0.15, -0.1) is 24.0 Å². The van der Waals surface area contributed by atoms with Crippen LogP contribution < -0.4 is 10.6 Å². The molecule has 38 valence electrons. The standard InChI is InChI=1S/C3H8N2.HI/c1-2-5-3-4-1;/h4-5H,1-3H2;1H. The van der Waals surface area contributed by atoms with Gasteiger partial charge in [-0.1, -0.05) is 0 Å². The molecule has 0 spiro atoms. The number of hydrogen-bond acceptors (Lipinski definition) is 2. The van der Waals surface area contributed by atoms with Crippen molar-refractivity contribution in [2.24, 2.45) is 0 Å². The van der Waals surface area contributed by atoms with E-state index in [9.17, 15) is 0 Å². The molecule has 0 radical (unpaired) electrons. The Morgan fingerprint density at radius 2 is 1.50 bits per heavy atom. The second kappa shape index (κ2) is 3.83. The molecule has 2 N–H and O–H groups in total. The van der Waals surface area contributed by atoms with E-state index in [0.29, 0.717) is 0 Å². The Hall–Kier alpha value is 0.650. The summed E-state index contributed by atoms with van der Waals surface area (Å²) in [5.74, 6) is 0. The van der Waals surface area contributed by atoms with E-state index < -0.39 is 0 Å². The van der Waals surface area contributed by atoms with Crippen molar-refractivity contribution < 1.29 is 0 Å². The molecule has 1 aliphatic heterocycles. The van der Waals surface area contributed by atoms with E-state index in [1.165, 1.54) is 0 Å². The fraction of sp³-hybridized carbons (Fsp3) is 1.00. The lowest BCUT2D eigenvalue weighted by Crippen LogP contribution is -2.11. The van der Waals surface area contributed by atoms with E-state index in [1.54, 1.807) is 0 Å². The molecule has 1 rings (SSSR count). The van der Waals surface area contributed by atoms with E-state index in [1.807, 2.05) is 0 Å². The molecule has 0 aromatic carbocycles. The minimum absolute atomic E-state index is 0. The van der Waals surface area contributed by atoms with Crippen LogP contribution in [0, 0.1) is 0 Å². The van der Waals surface area contributed by atoms with Crippen LogP contribution in [-0.2, 0) is 0 Å². The maximum Gasteiger partial charge on any atom is 0.0455 e. The summed E-state index contributed by atoms with van der Waals surface area (Å²) in [6, 6.07) is 0. The number of rotatable bonds is 0. The van der Waals surface area contributed by atoms with Crippen molar-refractivity contribution in [2.45, 2.75) is 0 Å². The van der Waals surface area contributed by atoms with Gasteiger partial charge in [-0.3, -0.25) is 0 Å². The minimum atomic E-state index is 0. The summed E-state index contributed by atoms with van der Waals surface area (Å²) >= 11 is 0. The largest absolute Gasteiger partial charge is 0.303 e. The van der Waals surface area contributed by atoms with Gasteiger partial charge in [0, 0.05) is 19.8 Å². The molecule has 2 nitrogen and oxygen atoms in total. The minimum Gasteiger partial charge on any atom is -0.303 e. The third kappa shape index (κ3) is 1.94. The van der Waals surface area contributed by atoms with Crippen molar-refractivity contribution in [3.05, 3.63) is 0 Å². The monoisotopic (exact) mass is 200 g/mol. The Morgan fingerprint density at radius 3 is 1.67 bits per heavy atom. The van der Waals surface area contributed by atoms with Gasteiger partial charge in [-0.05, 0) is 0 Å². The molecule has 1 saturated heterocycles. The van der Waals surface area contributed by atoms with Crippen LogP contribution in [0.15, 0.2) is 0 Å². The van der Waals surface area contributed by atoms with Crippen LogP contribution in [0.5, 0.6) is 0 Å². The summed E-state index contributed by atoms with van der Waals surface area (Å²) in [6.07, 6.45) is 0. The van der Waals surface area contributed by atoms with Gasteiger partial charge in [0.25, 0.3) is 0 Å². The highest BCUT2D eigenvalue weighted by Gasteiger charge is 1.90. The number of hydrogen-bond donors (Lipinski definition) is 2. The van der Waals surface area contributed by atoms with Gasteiger partial charge in [0.15, 0.2) is 0 Å². The molecule has 0 bridgehead atoms. The molecule has 0 aliphatic carbocycles. The average molecular weight is 200 g/mol. The molecular formula is C3H9IN2. The van der Waals surface area contributed by atoms with Gasteiger partial charge in [-0.2, -0.15) is 0 Å². The lowest BCUT2D eigenvalue weighted by Gasteiger charge is -1.77. The maximum atomic E-state index is 3.11. The highest BCUT2D eigenvalue weighted by Crippen LogP contribution is 1.62. The molecule has 1 fully saturated rings. The topological polar surface area (TPSA) is 24.1 Å². The first-order valence-corrected chi connectivity index (χ1v) is 1.91.